The summed E-state index contributed by atoms with van der Waals surface area (Å²) in [7, 11) is 0. The van der Waals surface area contributed by atoms with Gasteiger partial charge >= 0.3 is 0 Å². The summed E-state index contributed by atoms with van der Waals surface area (Å²) in [6, 6.07) is 9.59. The number of halogens is 1. The third-order valence-corrected chi connectivity index (χ3v) is 4.62. The lowest BCUT2D eigenvalue weighted by Crippen LogP contribution is -2.46. The van der Waals surface area contributed by atoms with E-state index in [2.05, 4.69) is 24.9 Å². The van der Waals surface area contributed by atoms with Gasteiger partial charge in [0.15, 0.2) is 5.76 Å². The van der Waals surface area contributed by atoms with E-state index in [4.69, 9.17) is 16.1 Å². The molecule has 7 heteroatoms. The summed E-state index contributed by atoms with van der Waals surface area (Å²) in [4.78, 5) is 13.0. The number of aromatic nitrogens is 3. The van der Waals surface area contributed by atoms with Crippen molar-refractivity contribution in [1.29, 1.82) is 0 Å². The average molecular weight is 356 g/mol. The van der Waals surface area contributed by atoms with Crippen LogP contribution in [0.3, 0.4) is 0 Å². The number of hydrogen-bond donors (Lipinski definition) is 0. The number of piperazine rings is 1. The maximum absolute atomic E-state index is 6.24. The Balaban J connectivity index is 1.36. The predicted molar refractivity (Wildman–Crippen MR) is 96.5 cm³/mol. The second kappa shape index (κ2) is 7.21. The summed E-state index contributed by atoms with van der Waals surface area (Å²) in [6.45, 7) is 4.39. The van der Waals surface area contributed by atoms with Crippen LogP contribution >= 0.6 is 11.6 Å². The molecule has 6 nitrogen and oxygen atoms in total. The maximum Gasteiger partial charge on any atom is 0.151 e. The van der Waals surface area contributed by atoms with E-state index in [1.165, 1.54) is 0 Å². The first kappa shape index (κ1) is 16.1. The van der Waals surface area contributed by atoms with Crippen LogP contribution in [0.15, 0.2) is 53.4 Å². The zero-order valence-corrected chi connectivity index (χ0v) is 14.4. The van der Waals surface area contributed by atoms with Crippen LogP contribution in [0, 0.1) is 0 Å². The van der Waals surface area contributed by atoms with Crippen LogP contribution in [0.2, 0.25) is 5.02 Å². The lowest BCUT2D eigenvalue weighted by molar-refractivity contribution is 0.219. The first-order valence-electron chi connectivity index (χ1n) is 8.23. The lowest BCUT2D eigenvalue weighted by atomic mass is 10.2. The Morgan fingerprint density at radius 2 is 1.84 bits per heavy atom. The fourth-order valence-corrected chi connectivity index (χ4v) is 3.24. The van der Waals surface area contributed by atoms with Crippen molar-refractivity contribution >= 4 is 17.4 Å². The highest BCUT2D eigenvalue weighted by atomic mass is 35.5. The van der Waals surface area contributed by atoms with E-state index >= 15 is 0 Å². The molecule has 3 aromatic heterocycles. The van der Waals surface area contributed by atoms with Gasteiger partial charge in [-0.2, -0.15) is 0 Å². The van der Waals surface area contributed by atoms with Gasteiger partial charge in [0, 0.05) is 56.4 Å². The second-order valence-corrected chi connectivity index (χ2v) is 6.39. The summed E-state index contributed by atoms with van der Waals surface area (Å²) >= 11 is 6.24. The Labute approximate surface area is 151 Å². The van der Waals surface area contributed by atoms with Crippen molar-refractivity contribution in [3.05, 3.63) is 59.7 Å². The van der Waals surface area contributed by atoms with Gasteiger partial charge in [0.1, 0.15) is 11.5 Å². The van der Waals surface area contributed by atoms with Crippen LogP contribution in [-0.4, -0.2) is 46.2 Å². The number of anilines is 1. The van der Waals surface area contributed by atoms with Crippen LogP contribution in [0.25, 0.3) is 11.3 Å². The number of pyridine rings is 2. The molecule has 0 aliphatic carbocycles. The zero-order valence-electron chi connectivity index (χ0n) is 13.7. The normalized spacial score (nSPS) is 15.5. The molecule has 25 heavy (non-hydrogen) atoms. The van der Waals surface area contributed by atoms with Crippen LogP contribution in [0.1, 0.15) is 5.76 Å². The Hall–Kier alpha value is -2.44. The SMILES string of the molecule is Clc1cccnc1N1CCN(Cc2cc(-c3ccncc3)no2)CC1. The molecule has 0 saturated carbocycles. The van der Waals surface area contributed by atoms with Gasteiger partial charge in [0.25, 0.3) is 0 Å². The molecule has 128 valence electrons. The Morgan fingerprint density at radius 1 is 1.04 bits per heavy atom. The highest BCUT2D eigenvalue weighted by molar-refractivity contribution is 6.32. The molecule has 1 aliphatic heterocycles. The molecule has 0 N–H and O–H groups in total. The Morgan fingerprint density at radius 3 is 2.60 bits per heavy atom. The smallest absolute Gasteiger partial charge is 0.151 e. The predicted octanol–water partition coefficient (Wildman–Crippen LogP) is 3.11. The number of nitrogens with zero attached hydrogens (tertiary/aromatic N) is 5. The summed E-state index contributed by atoms with van der Waals surface area (Å²) < 4.78 is 5.49. The first-order chi connectivity index (χ1) is 12.3. The quantitative estimate of drug-likeness (QED) is 0.716. The molecular weight excluding hydrogens is 338 g/mol. The fraction of sp³-hybridized carbons (Fsp3) is 0.278. The van der Waals surface area contributed by atoms with E-state index in [1.54, 1.807) is 18.6 Å². The van der Waals surface area contributed by atoms with Crippen molar-refractivity contribution in [2.75, 3.05) is 31.1 Å². The van der Waals surface area contributed by atoms with Crippen molar-refractivity contribution in [2.24, 2.45) is 0 Å². The second-order valence-electron chi connectivity index (χ2n) is 5.99. The molecule has 1 fully saturated rings. The monoisotopic (exact) mass is 355 g/mol. The van der Waals surface area contributed by atoms with Gasteiger partial charge in [-0.05, 0) is 24.3 Å². The van der Waals surface area contributed by atoms with Crippen LogP contribution in [0.5, 0.6) is 0 Å². The van der Waals surface area contributed by atoms with Crippen LogP contribution < -0.4 is 4.90 Å². The molecule has 4 rings (SSSR count). The highest BCUT2D eigenvalue weighted by Crippen LogP contribution is 2.24. The lowest BCUT2D eigenvalue weighted by Gasteiger charge is -2.35. The molecule has 3 aromatic rings. The minimum absolute atomic E-state index is 0.702. The largest absolute Gasteiger partial charge is 0.359 e. The van der Waals surface area contributed by atoms with Crippen molar-refractivity contribution in [3.8, 4) is 11.3 Å². The van der Waals surface area contributed by atoms with Gasteiger partial charge in [-0.15, -0.1) is 0 Å². The Bertz CT molecular complexity index is 830. The number of hydrogen-bond acceptors (Lipinski definition) is 6. The van der Waals surface area contributed by atoms with Gasteiger partial charge in [0.2, 0.25) is 0 Å². The van der Waals surface area contributed by atoms with E-state index in [0.717, 1.165) is 55.6 Å². The molecule has 0 unspecified atom stereocenters. The number of rotatable bonds is 4. The van der Waals surface area contributed by atoms with Gasteiger partial charge in [-0.3, -0.25) is 9.88 Å². The highest BCUT2D eigenvalue weighted by Gasteiger charge is 2.21. The molecule has 0 atom stereocenters. The molecule has 0 aromatic carbocycles. The summed E-state index contributed by atoms with van der Waals surface area (Å²) in [5.41, 5.74) is 1.86. The Kier molecular flexibility index (Phi) is 4.63. The van der Waals surface area contributed by atoms with E-state index in [0.29, 0.717) is 5.02 Å². The van der Waals surface area contributed by atoms with E-state index in [-0.39, 0.29) is 0 Å². The molecular formula is C18H18ClN5O. The standard InChI is InChI=1S/C18H18ClN5O/c19-16-2-1-5-21-18(16)24-10-8-23(9-11-24)13-15-12-17(22-25-15)14-3-6-20-7-4-14/h1-7,12H,8-11,13H2. The average Bonchev–Trinajstić information content (AvgIpc) is 3.12. The molecule has 0 bridgehead atoms. The fourth-order valence-electron chi connectivity index (χ4n) is 2.99. The van der Waals surface area contributed by atoms with Crippen molar-refractivity contribution in [3.63, 3.8) is 0 Å². The minimum atomic E-state index is 0.702. The van der Waals surface area contributed by atoms with Crippen molar-refractivity contribution < 1.29 is 4.52 Å². The topological polar surface area (TPSA) is 58.3 Å². The molecule has 0 spiro atoms. The van der Waals surface area contributed by atoms with Crippen molar-refractivity contribution in [1.82, 2.24) is 20.0 Å². The maximum atomic E-state index is 6.24. The van der Waals surface area contributed by atoms with Crippen LogP contribution in [-0.2, 0) is 6.54 Å². The molecule has 0 amide bonds. The molecule has 1 saturated heterocycles. The van der Waals surface area contributed by atoms with Gasteiger partial charge < -0.3 is 9.42 Å². The minimum Gasteiger partial charge on any atom is -0.359 e. The van der Waals surface area contributed by atoms with E-state index in [1.807, 2.05) is 30.3 Å². The first-order valence-corrected chi connectivity index (χ1v) is 8.61. The van der Waals surface area contributed by atoms with Crippen LogP contribution in [0.4, 0.5) is 5.82 Å². The van der Waals surface area contributed by atoms with Crippen molar-refractivity contribution in [2.45, 2.75) is 6.54 Å². The molecule has 1 aliphatic rings. The van der Waals surface area contributed by atoms with E-state index in [9.17, 15) is 0 Å². The van der Waals surface area contributed by atoms with Gasteiger partial charge in [-0.1, -0.05) is 16.8 Å². The summed E-state index contributed by atoms with van der Waals surface area (Å²) in [6.07, 6.45) is 5.29. The zero-order chi connectivity index (χ0) is 17.1. The van der Waals surface area contributed by atoms with Gasteiger partial charge in [-0.25, -0.2) is 4.98 Å². The summed E-state index contributed by atoms with van der Waals surface area (Å²) in [5.74, 6) is 1.74. The van der Waals surface area contributed by atoms with E-state index < -0.39 is 0 Å². The molecule has 4 heterocycles. The molecule has 0 radical (unpaired) electrons. The van der Waals surface area contributed by atoms with Gasteiger partial charge in [0.05, 0.1) is 11.6 Å². The third kappa shape index (κ3) is 3.65. The third-order valence-electron chi connectivity index (χ3n) is 4.33. The summed E-state index contributed by atoms with van der Waals surface area (Å²) in [5, 5.41) is 4.86.